The highest BCUT2D eigenvalue weighted by atomic mass is 79.9. The van der Waals surface area contributed by atoms with Crippen molar-refractivity contribution < 1.29 is 9.13 Å². The predicted octanol–water partition coefficient (Wildman–Crippen LogP) is 5.78. The maximum absolute atomic E-state index is 13.8. The fraction of sp³-hybridized carbons (Fsp3) is 0.200. The van der Waals surface area contributed by atoms with Gasteiger partial charge in [0.15, 0.2) is 11.6 Å². The number of hydrogen-bond acceptors (Lipinski definition) is 1. The number of hydrogen-bond donors (Lipinski definition) is 0. The van der Waals surface area contributed by atoms with Crippen LogP contribution in [0.2, 0.25) is 5.02 Å². The molecule has 2 aromatic rings. The highest BCUT2D eigenvalue weighted by molar-refractivity contribution is 9.08. The first kappa shape index (κ1) is 14.4. The smallest absolute Gasteiger partial charge is 0.166 e. The molecule has 0 bridgehead atoms. The van der Waals surface area contributed by atoms with E-state index in [-0.39, 0.29) is 11.6 Å². The highest BCUT2D eigenvalue weighted by Gasteiger charge is 2.08. The van der Waals surface area contributed by atoms with Gasteiger partial charge in [0, 0.05) is 10.4 Å². The molecule has 0 radical (unpaired) electrons. The maximum atomic E-state index is 13.8. The Morgan fingerprint density at radius 3 is 2.32 bits per heavy atom. The zero-order valence-electron chi connectivity index (χ0n) is 10.6. The molecule has 0 fully saturated rings. The van der Waals surface area contributed by atoms with Gasteiger partial charge in [-0.15, -0.1) is 0 Å². The van der Waals surface area contributed by atoms with Crippen molar-refractivity contribution in [3.8, 4) is 11.5 Å². The van der Waals surface area contributed by atoms with Crippen LogP contribution in [-0.4, -0.2) is 0 Å². The molecule has 19 heavy (non-hydrogen) atoms. The van der Waals surface area contributed by atoms with Crippen LogP contribution in [0.5, 0.6) is 11.5 Å². The number of halogens is 3. The number of ether oxygens (including phenoxy) is 1. The third kappa shape index (κ3) is 3.28. The van der Waals surface area contributed by atoms with Crippen molar-refractivity contribution in [2.24, 2.45) is 0 Å². The van der Waals surface area contributed by atoms with Crippen LogP contribution < -0.4 is 4.74 Å². The summed E-state index contributed by atoms with van der Waals surface area (Å²) in [5.41, 5.74) is 2.69. The first-order valence-electron chi connectivity index (χ1n) is 5.80. The minimum Gasteiger partial charge on any atom is -0.454 e. The quantitative estimate of drug-likeness (QED) is 0.642. The van der Waals surface area contributed by atoms with Gasteiger partial charge in [-0.3, -0.25) is 0 Å². The second kappa shape index (κ2) is 5.93. The van der Waals surface area contributed by atoms with E-state index in [0.717, 1.165) is 16.7 Å². The third-order valence-electron chi connectivity index (χ3n) is 2.79. The number of aryl methyl sites for hydroxylation is 2. The monoisotopic (exact) mass is 342 g/mol. The molecule has 0 saturated carbocycles. The minimum atomic E-state index is -0.373. The molecule has 0 unspecified atom stereocenters. The lowest BCUT2D eigenvalue weighted by atomic mass is 10.1. The second-order valence-electron chi connectivity index (χ2n) is 4.37. The van der Waals surface area contributed by atoms with E-state index in [4.69, 9.17) is 16.3 Å². The van der Waals surface area contributed by atoms with Crippen molar-refractivity contribution in [1.82, 2.24) is 0 Å². The molecule has 100 valence electrons. The number of benzene rings is 2. The van der Waals surface area contributed by atoms with Crippen molar-refractivity contribution in [2.75, 3.05) is 0 Å². The van der Waals surface area contributed by atoms with Gasteiger partial charge < -0.3 is 4.74 Å². The van der Waals surface area contributed by atoms with Gasteiger partial charge in [-0.25, -0.2) is 4.39 Å². The Balaban J connectivity index is 2.31. The minimum absolute atomic E-state index is 0.214. The normalized spacial score (nSPS) is 10.6. The van der Waals surface area contributed by atoms with E-state index in [1.807, 2.05) is 19.9 Å². The molecule has 0 atom stereocenters. The van der Waals surface area contributed by atoms with Gasteiger partial charge >= 0.3 is 0 Å². The van der Waals surface area contributed by atoms with Crippen molar-refractivity contribution in [2.45, 2.75) is 19.2 Å². The van der Waals surface area contributed by atoms with E-state index in [2.05, 4.69) is 15.9 Å². The zero-order chi connectivity index (χ0) is 14.0. The van der Waals surface area contributed by atoms with Crippen LogP contribution in [0.15, 0.2) is 30.3 Å². The first-order chi connectivity index (χ1) is 9.01. The molecule has 0 N–H and O–H groups in total. The van der Waals surface area contributed by atoms with Gasteiger partial charge in [-0.1, -0.05) is 33.6 Å². The Kier molecular flexibility index (Phi) is 4.48. The summed E-state index contributed by atoms with van der Waals surface area (Å²) in [6.07, 6.45) is 0. The van der Waals surface area contributed by atoms with Crippen LogP contribution in [0.25, 0.3) is 0 Å². The fourth-order valence-corrected chi connectivity index (χ4v) is 2.26. The summed E-state index contributed by atoms with van der Waals surface area (Å²) in [4.78, 5) is 0. The summed E-state index contributed by atoms with van der Waals surface area (Å²) in [7, 11) is 0. The van der Waals surface area contributed by atoms with Gasteiger partial charge in [0.1, 0.15) is 5.75 Å². The maximum Gasteiger partial charge on any atom is 0.166 e. The molecule has 0 saturated heterocycles. The van der Waals surface area contributed by atoms with E-state index in [0.29, 0.717) is 16.1 Å². The average molecular weight is 344 g/mol. The molecule has 1 nitrogen and oxygen atoms in total. The van der Waals surface area contributed by atoms with Crippen molar-refractivity contribution >= 4 is 27.5 Å². The van der Waals surface area contributed by atoms with Crippen LogP contribution >= 0.6 is 27.5 Å². The summed E-state index contributed by atoms with van der Waals surface area (Å²) in [5.74, 6) is 0.429. The lowest BCUT2D eigenvalue weighted by molar-refractivity contribution is 0.441. The van der Waals surface area contributed by atoms with Gasteiger partial charge in [-0.2, -0.15) is 0 Å². The molecule has 0 heterocycles. The standard InChI is InChI=1S/C15H13BrClFO/c1-9-5-12(6-10(2)15(9)17)19-14-4-3-11(8-16)7-13(14)18/h3-7H,8H2,1-2H3. The largest absolute Gasteiger partial charge is 0.454 e. The Hall–Kier alpha value is -1.06. The molecule has 2 aromatic carbocycles. The number of alkyl halides is 1. The van der Waals surface area contributed by atoms with Crippen LogP contribution in [0, 0.1) is 19.7 Å². The molecule has 0 aromatic heterocycles. The summed E-state index contributed by atoms with van der Waals surface area (Å²) in [5, 5.41) is 1.33. The average Bonchev–Trinajstić information content (AvgIpc) is 2.38. The molecule has 0 aliphatic rings. The molecule has 2 rings (SSSR count). The van der Waals surface area contributed by atoms with Gasteiger partial charge in [0.2, 0.25) is 0 Å². The third-order valence-corrected chi connectivity index (χ3v) is 4.03. The molecular weight excluding hydrogens is 331 g/mol. The van der Waals surface area contributed by atoms with E-state index >= 15 is 0 Å². The molecule has 0 amide bonds. The lowest BCUT2D eigenvalue weighted by Crippen LogP contribution is -1.92. The summed E-state index contributed by atoms with van der Waals surface area (Å²) in [6.45, 7) is 3.79. The Morgan fingerprint density at radius 1 is 1.16 bits per heavy atom. The van der Waals surface area contributed by atoms with Crippen LogP contribution in [0.3, 0.4) is 0 Å². The molecule has 0 aliphatic carbocycles. The predicted molar refractivity (Wildman–Crippen MR) is 80.0 cm³/mol. The van der Waals surface area contributed by atoms with Gasteiger partial charge in [0.05, 0.1) is 0 Å². The summed E-state index contributed by atoms with van der Waals surface area (Å²) in [6, 6.07) is 8.51. The van der Waals surface area contributed by atoms with Crippen molar-refractivity contribution in [3.63, 3.8) is 0 Å². The van der Waals surface area contributed by atoms with Crippen LogP contribution in [-0.2, 0) is 5.33 Å². The summed E-state index contributed by atoms with van der Waals surface area (Å²) < 4.78 is 19.4. The Morgan fingerprint density at radius 2 is 1.79 bits per heavy atom. The second-order valence-corrected chi connectivity index (χ2v) is 5.31. The molecule has 0 aliphatic heterocycles. The van der Waals surface area contributed by atoms with E-state index in [1.165, 1.54) is 6.07 Å². The van der Waals surface area contributed by atoms with E-state index in [1.54, 1.807) is 18.2 Å². The zero-order valence-corrected chi connectivity index (χ0v) is 13.0. The number of rotatable bonds is 3. The molecule has 4 heteroatoms. The highest BCUT2D eigenvalue weighted by Crippen LogP contribution is 2.30. The molecular formula is C15H13BrClFO. The van der Waals surface area contributed by atoms with Crippen molar-refractivity contribution in [1.29, 1.82) is 0 Å². The molecule has 0 spiro atoms. The van der Waals surface area contributed by atoms with Gasteiger partial charge in [-0.05, 0) is 54.8 Å². The van der Waals surface area contributed by atoms with Crippen molar-refractivity contribution in [3.05, 3.63) is 57.9 Å². The topological polar surface area (TPSA) is 9.23 Å². The van der Waals surface area contributed by atoms with Gasteiger partial charge in [0.25, 0.3) is 0 Å². The van der Waals surface area contributed by atoms with Crippen LogP contribution in [0.4, 0.5) is 4.39 Å². The Bertz CT molecular complexity index is 590. The summed E-state index contributed by atoms with van der Waals surface area (Å²) >= 11 is 9.38. The van der Waals surface area contributed by atoms with E-state index in [9.17, 15) is 4.39 Å². The first-order valence-corrected chi connectivity index (χ1v) is 7.30. The Labute approximate surface area is 125 Å². The lowest BCUT2D eigenvalue weighted by Gasteiger charge is -2.10. The van der Waals surface area contributed by atoms with E-state index < -0.39 is 0 Å². The SMILES string of the molecule is Cc1cc(Oc2ccc(CBr)cc2F)cc(C)c1Cl. The fourth-order valence-electron chi connectivity index (χ4n) is 1.80. The van der Waals surface area contributed by atoms with Crippen LogP contribution in [0.1, 0.15) is 16.7 Å².